The first kappa shape index (κ1) is 15.8. The third kappa shape index (κ3) is 3.44. The van der Waals surface area contributed by atoms with E-state index in [1.54, 1.807) is 18.0 Å². The smallest absolute Gasteiger partial charge is 0.227 e. The highest BCUT2D eigenvalue weighted by Crippen LogP contribution is 2.19. The third-order valence-corrected chi connectivity index (χ3v) is 4.12. The first-order chi connectivity index (χ1) is 11.7. The molecule has 0 bridgehead atoms. The number of carbonyl (C=O) groups excluding carboxylic acids is 1. The van der Waals surface area contributed by atoms with Crippen molar-refractivity contribution in [2.24, 2.45) is 0 Å². The van der Waals surface area contributed by atoms with Crippen LogP contribution in [0.4, 0.5) is 0 Å². The van der Waals surface area contributed by atoms with Gasteiger partial charge in [0.25, 0.3) is 0 Å². The van der Waals surface area contributed by atoms with E-state index >= 15 is 0 Å². The minimum atomic E-state index is 0.0636. The van der Waals surface area contributed by atoms with Gasteiger partial charge in [0.15, 0.2) is 0 Å². The van der Waals surface area contributed by atoms with Gasteiger partial charge in [-0.15, -0.1) is 0 Å². The van der Waals surface area contributed by atoms with Gasteiger partial charge in [-0.2, -0.15) is 5.26 Å². The van der Waals surface area contributed by atoms with E-state index in [9.17, 15) is 4.79 Å². The lowest BCUT2D eigenvalue weighted by Crippen LogP contribution is -2.27. The molecule has 0 aliphatic heterocycles. The maximum absolute atomic E-state index is 12.6. The molecule has 0 fully saturated rings. The molecule has 3 aromatic rings. The maximum atomic E-state index is 12.6. The van der Waals surface area contributed by atoms with Crippen molar-refractivity contribution >= 4 is 16.7 Å². The van der Waals surface area contributed by atoms with Gasteiger partial charge >= 0.3 is 0 Å². The van der Waals surface area contributed by atoms with Crippen molar-refractivity contribution in [2.75, 3.05) is 7.05 Å². The van der Waals surface area contributed by atoms with Crippen molar-refractivity contribution < 1.29 is 4.79 Å². The fraction of sp³-hybridized carbons (Fsp3) is 0.143. The molecule has 3 rings (SSSR count). The van der Waals surface area contributed by atoms with Crippen molar-refractivity contribution in [1.82, 2.24) is 4.90 Å². The number of hydrogen-bond acceptors (Lipinski definition) is 2. The fourth-order valence-electron chi connectivity index (χ4n) is 2.85. The summed E-state index contributed by atoms with van der Waals surface area (Å²) in [5, 5.41) is 11.2. The maximum Gasteiger partial charge on any atom is 0.227 e. The summed E-state index contributed by atoms with van der Waals surface area (Å²) in [4.78, 5) is 14.3. The number of amides is 1. The van der Waals surface area contributed by atoms with Crippen LogP contribution in [0.3, 0.4) is 0 Å². The Labute approximate surface area is 141 Å². The Balaban J connectivity index is 1.75. The Bertz CT molecular complexity index is 919. The summed E-state index contributed by atoms with van der Waals surface area (Å²) in [5.74, 6) is 0.0636. The second kappa shape index (κ2) is 6.97. The van der Waals surface area contributed by atoms with Gasteiger partial charge in [-0.25, -0.2) is 0 Å². The summed E-state index contributed by atoms with van der Waals surface area (Å²) in [5.41, 5.74) is 2.61. The van der Waals surface area contributed by atoms with E-state index in [0.717, 1.165) is 21.9 Å². The van der Waals surface area contributed by atoms with Crippen molar-refractivity contribution in [3.8, 4) is 6.07 Å². The topological polar surface area (TPSA) is 44.1 Å². The van der Waals surface area contributed by atoms with E-state index in [-0.39, 0.29) is 5.91 Å². The summed E-state index contributed by atoms with van der Waals surface area (Å²) in [7, 11) is 1.80. The number of nitrogens with zero attached hydrogens (tertiary/aromatic N) is 2. The highest BCUT2D eigenvalue weighted by molar-refractivity contribution is 5.90. The Morgan fingerprint density at radius 1 is 1.04 bits per heavy atom. The van der Waals surface area contributed by atoms with Gasteiger partial charge in [-0.3, -0.25) is 4.79 Å². The Morgan fingerprint density at radius 2 is 1.79 bits per heavy atom. The molecule has 3 aromatic carbocycles. The van der Waals surface area contributed by atoms with E-state index in [4.69, 9.17) is 5.26 Å². The van der Waals surface area contributed by atoms with Gasteiger partial charge in [0, 0.05) is 13.6 Å². The van der Waals surface area contributed by atoms with Crippen LogP contribution in [0.5, 0.6) is 0 Å². The van der Waals surface area contributed by atoms with Crippen LogP contribution in [0.1, 0.15) is 16.7 Å². The molecule has 0 heterocycles. The largest absolute Gasteiger partial charge is 0.341 e. The van der Waals surface area contributed by atoms with Gasteiger partial charge in [0.2, 0.25) is 5.91 Å². The van der Waals surface area contributed by atoms with Crippen molar-refractivity contribution in [3.63, 3.8) is 0 Å². The molecule has 1 amide bonds. The molecule has 0 saturated carbocycles. The van der Waals surface area contributed by atoms with E-state index in [0.29, 0.717) is 18.5 Å². The van der Waals surface area contributed by atoms with Gasteiger partial charge in [0.05, 0.1) is 18.1 Å². The number of nitriles is 1. The normalized spacial score (nSPS) is 10.3. The molecule has 0 radical (unpaired) electrons. The van der Waals surface area contributed by atoms with Crippen LogP contribution >= 0.6 is 0 Å². The highest BCUT2D eigenvalue weighted by Gasteiger charge is 2.12. The van der Waals surface area contributed by atoms with Gasteiger partial charge in [-0.05, 0) is 34.0 Å². The van der Waals surface area contributed by atoms with Crippen molar-refractivity contribution in [1.29, 1.82) is 5.26 Å². The molecule has 0 atom stereocenters. The summed E-state index contributed by atoms with van der Waals surface area (Å²) >= 11 is 0. The molecule has 0 spiro atoms. The van der Waals surface area contributed by atoms with Crippen molar-refractivity contribution in [2.45, 2.75) is 13.0 Å². The molecule has 0 aliphatic carbocycles. The number of hydrogen-bond donors (Lipinski definition) is 0. The molecule has 3 nitrogen and oxygen atoms in total. The molecule has 24 heavy (non-hydrogen) atoms. The fourth-order valence-corrected chi connectivity index (χ4v) is 2.85. The molecule has 0 aromatic heterocycles. The van der Waals surface area contributed by atoms with Gasteiger partial charge in [0.1, 0.15) is 0 Å². The first-order valence-electron chi connectivity index (χ1n) is 7.87. The Kier molecular flexibility index (Phi) is 4.58. The number of carbonyl (C=O) groups is 1. The lowest BCUT2D eigenvalue weighted by molar-refractivity contribution is -0.129. The van der Waals surface area contributed by atoms with E-state index in [1.165, 1.54) is 0 Å². The predicted octanol–water partition coefficient (Wildman–Crippen LogP) is 3.91. The van der Waals surface area contributed by atoms with Crippen LogP contribution in [-0.4, -0.2) is 17.9 Å². The number of rotatable bonds is 4. The zero-order chi connectivity index (χ0) is 16.9. The van der Waals surface area contributed by atoms with Gasteiger partial charge < -0.3 is 4.90 Å². The van der Waals surface area contributed by atoms with Crippen LogP contribution < -0.4 is 0 Å². The van der Waals surface area contributed by atoms with Crippen LogP contribution in [0.15, 0.2) is 66.7 Å². The summed E-state index contributed by atoms with van der Waals surface area (Å²) in [6, 6.07) is 23.6. The lowest BCUT2D eigenvalue weighted by atomic mass is 10.0. The zero-order valence-electron chi connectivity index (χ0n) is 13.6. The van der Waals surface area contributed by atoms with Crippen molar-refractivity contribution in [3.05, 3.63) is 83.4 Å². The van der Waals surface area contributed by atoms with Crippen LogP contribution in [-0.2, 0) is 17.8 Å². The average Bonchev–Trinajstić information content (AvgIpc) is 2.62. The number of benzene rings is 3. The number of likely N-dealkylation sites (N-methyl/N-ethyl adjacent to an activating group) is 1. The summed E-state index contributed by atoms with van der Waals surface area (Å²) in [6.07, 6.45) is 0.371. The van der Waals surface area contributed by atoms with Crippen LogP contribution in [0.2, 0.25) is 0 Å². The van der Waals surface area contributed by atoms with E-state index < -0.39 is 0 Å². The SMILES string of the molecule is CN(Cc1cccc(C#N)c1)C(=O)Cc1cccc2ccccc12. The third-order valence-electron chi connectivity index (χ3n) is 4.12. The standard InChI is InChI=1S/C21H18N2O/c1-23(15-17-7-4-6-16(12-17)14-22)21(24)13-19-10-5-9-18-8-2-3-11-20(18)19/h2-12H,13,15H2,1H3. The zero-order valence-corrected chi connectivity index (χ0v) is 13.6. The predicted molar refractivity (Wildman–Crippen MR) is 95.3 cm³/mol. The molecule has 0 saturated heterocycles. The first-order valence-corrected chi connectivity index (χ1v) is 7.87. The Hall–Kier alpha value is -3.12. The molecule has 0 N–H and O–H groups in total. The molecule has 118 valence electrons. The lowest BCUT2D eigenvalue weighted by Gasteiger charge is -2.18. The Morgan fingerprint density at radius 3 is 2.62 bits per heavy atom. The minimum absolute atomic E-state index is 0.0636. The number of fused-ring (bicyclic) bond motifs is 1. The second-order valence-electron chi connectivity index (χ2n) is 5.88. The van der Waals surface area contributed by atoms with E-state index in [2.05, 4.69) is 18.2 Å². The van der Waals surface area contributed by atoms with Gasteiger partial charge in [-0.1, -0.05) is 54.6 Å². The van der Waals surface area contributed by atoms with Crippen LogP contribution in [0, 0.1) is 11.3 Å². The monoisotopic (exact) mass is 314 g/mol. The highest BCUT2D eigenvalue weighted by atomic mass is 16.2. The molecule has 0 unspecified atom stereocenters. The molecule has 3 heteroatoms. The van der Waals surface area contributed by atoms with E-state index in [1.807, 2.05) is 48.5 Å². The van der Waals surface area contributed by atoms with Crippen LogP contribution in [0.25, 0.3) is 10.8 Å². The quantitative estimate of drug-likeness (QED) is 0.733. The molecular weight excluding hydrogens is 296 g/mol. The second-order valence-corrected chi connectivity index (χ2v) is 5.88. The average molecular weight is 314 g/mol. The molecular formula is C21H18N2O. The molecule has 0 aliphatic rings. The summed E-state index contributed by atoms with van der Waals surface area (Å²) in [6.45, 7) is 0.499. The summed E-state index contributed by atoms with van der Waals surface area (Å²) < 4.78 is 0. The minimum Gasteiger partial charge on any atom is -0.341 e.